The second kappa shape index (κ2) is 8.57. The van der Waals surface area contributed by atoms with Gasteiger partial charge in [-0.15, -0.1) is 10.2 Å². The fourth-order valence-corrected chi connectivity index (χ4v) is 4.82. The zero-order valence-electron chi connectivity index (χ0n) is 18.0. The minimum Gasteiger partial charge on any atom is -0.424 e. The number of benzene rings is 1. The summed E-state index contributed by atoms with van der Waals surface area (Å²) >= 11 is 5.88. The van der Waals surface area contributed by atoms with Crippen LogP contribution in [0.5, 0.6) is 11.8 Å². The van der Waals surface area contributed by atoms with Crippen molar-refractivity contribution in [2.45, 2.75) is 45.7 Å². The average Bonchev–Trinajstić information content (AvgIpc) is 3.42. The van der Waals surface area contributed by atoms with E-state index in [2.05, 4.69) is 37.4 Å². The second-order valence-corrected chi connectivity index (χ2v) is 8.80. The van der Waals surface area contributed by atoms with Gasteiger partial charge in [-0.25, -0.2) is 9.07 Å². The van der Waals surface area contributed by atoms with Crippen molar-refractivity contribution in [1.29, 1.82) is 0 Å². The molecule has 1 saturated carbocycles. The minimum atomic E-state index is -0.492. The summed E-state index contributed by atoms with van der Waals surface area (Å²) in [6.07, 6.45) is 3.12. The molecule has 2 aromatic heterocycles. The van der Waals surface area contributed by atoms with Crippen LogP contribution in [0.3, 0.4) is 0 Å². The lowest BCUT2D eigenvalue weighted by atomic mass is 9.92. The van der Waals surface area contributed by atoms with Crippen LogP contribution in [0.1, 0.15) is 32.1 Å². The van der Waals surface area contributed by atoms with Crippen LogP contribution in [0.2, 0.25) is 5.02 Å². The first-order valence-electron chi connectivity index (χ1n) is 10.9. The predicted octanol–water partition coefficient (Wildman–Crippen LogP) is 4.29. The summed E-state index contributed by atoms with van der Waals surface area (Å²) in [6.45, 7) is 6.21. The maximum atomic E-state index is 13.5. The van der Waals surface area contributed by atoms with E-state index < -0.39 is 5.82 Å². The molecule has 1 aliphatic carbocycles. The van der Waals surface area contributed by atoms with E-state index in [4.69, 9.17) is 20.8 Å². The van der Waals surface area contributed by atoms with Gasteiger partial charge in [0.1, 0.15) is 11.6 Å². The molecule has 0 spiro atoms. The predicted molar refractivity (Wildman–Crippen MR) is 117 cm³/mol. The van der Waals surface area contributed by atoms with Crippen molar-refractivity contribution >= 4 is 23.6 Å². The number of aryl methyl sites for hydroxylation is 2. The van der Waals surface area contributed by atoms with E-state index in [1.165, 1.54) is 18.2 Å². The Morgan fingerprint density at radius 1 is 1.25 bits per heavy atom. The number of hydrogen-bond donors (Lipinski definition) is 1. The Hall–Kier alpha value is -2.88. The fraction of sp³-hybridized carbons (Fsp3) is 0.524. The molecule has 1 saturated heterocycles. The third-order valence-electron chi connectivity index (χ3n) is 6.09. The Balaban J connectivity index is 1.31. The van der Waals surface area contributed by atoms with Gasteiger partial charge in [-0.05, 0) is 43.2 Å². The normalized spacial score (nSPS) is 22.4. The number of nitrogens with one attached hydrogen (secondary N) is 1. The maximum absolute atomic E-state index is 13.5. The molecular formula is C21H25ClFN7O2. The summed E-state index contributed by atoms with van der Waals surface area (Å²) in [5.41, 5.74) is 0. The van der Waals surface area contributed by atoms with E-state index in [0.29, 0.717) is 48.0 Å². The molecule has 5 rings (SSSR count). The molecule has 2 atom stereocenters. The van der Waals surface area contributed by atoms with Crippen molar-refractivity contribution in [3.63, 3.8) is 0 Å². The van der Waals surface area contributed by atoms with Gasteiger partial charge in [0.05, 0.1) is 5.02 Å². The number of piperidine rings is 1. The lowest BCUT2D eigenvalue weighted by Crippen LogP contribution is -2.48. The first kappa shape index (κ1) is 21.0. The molecular weight excluding hydrogens is 437 g/mol. The SMILES string of the molecule is CCCn1nc(NC2C3CCC2CN(c2nnc(C)o2)C3)nc1Oc1ccc(F)c(Cl)c1. The lowest BCUT2D eigenvalue weighted by molar-refractivity contribution is 0.357. The summed E-state index contributed by atoms with van der Waals surface area (Å²) in [7, 11) is 0. The van der Waals surface area contributed by atoms with Crippen LogP contribution in [0, 0.1) is 24.6 Å². The molecule has 1 N–H and O–H groups in total. The molecule has 2 unspecified atom stereocenters. The maximum Gasteiger partial charge on any atom is 0.322 e. The Bertz CT molecular complexity index is 1090. The number of fused-ring (bicyclic) bond motifs is 2. The standard InChI is InChI=1S/C21H25ClFN7O2/c1-3-8-30-20(32-15-6-7-17(23)16(22)9-15)25-19(28-30)24-18-13-4-5-14(18)11-29(10-13)21-27-26-12(2)31-21/h6-7,9,13-14,18H,3-5,8,10-11H2,1-2H3,(H,24,28). The van der Waals surface area contributed by atoms with Crippen LogP contribution < -0.4 is 15.0 Å². The summed E-state index contributed by atoms with van der Waals surface area (Å²) in [6, 6.07) is 5.44. The number of nitrogens with zero attached hydrogens (tertiary/aromatic N) is 6. The van der Waals surface area contributed by atoms with Crippen LogP contribution >= 0.6 is 11.6 Å². The summed E-state index contributed by atoms with van der Waals surface area (Å²) < 4.78 is 26.7. The lowest BCUT2D eigenvalue weighted by Gasteiger charge is -2.37. The first-order chi connectivity index (χ1) is 15.5. The highest BCUT2D eigenvalue weighted by atomic mass is 35.5. The number of rotatable bonds is 7. The fourth-order valence-electron chi connectivity index (χ4n) is 4.65. The largest absolute Gasteiger partial charge is 0.424 e. The van der Waals surface area contributed by atoms with Gasteiger partial charge in [-0.1, -0.05) is 23.6 Å². The smallest absolute Gasteiger partial charge is 0.322 e. The van der Waals surface area contributed by atoms with Gasteiger partial charge in [0.2, 0.25) is 11.8 Å². The van der Waals surface area contributed by atoms with Gasteiger partial charge in [-0.3, -0.25) is 0 Å². The zero-order valence-corrected chi connectivity index (χ0v) is 18.7. The molecule has 2 aliphatic rings. The molecule has 1 aliphatic heterocycles. The molecule has 32 heavy (non-hydrogen) atoms. The average molecular weight is 462 g/mol. The van der Waals surface area contributed by atoms with Crippen LogP contribution in [0.25, 0.3) is 0 Å². The van der Waals surface area contributed by atoms with E-state index >= 15 is 0 Å². The van der Waals surface area contributed by atoms with Crippen LogP contribution in [-0.4, -0.2) is 44.1 Å². The number of halogens is 2. The molecule has 11 heteroatoms. The van der Waals surface area contributed by atoms with Gasteiger partial charge < -0.3 is 19.4 Å². The molecule has 170 valence electrons. The number of ether oxygens (including phenoxy) is 1. The third kappa shape index (κ3) is 4.11. The van der Waals surface area contributed by atoms with Crippen LogP contribution in [-0.2, 0) is 6.54 Å². The van der Waals surface area contributed by atoms with Crippen molar-refractivity contribution in [1.82, 2.24) is 25.0 Å². The van der Waals surface area contributed by atoms with Crippen molar-refractivity contribution in [2.75, 3.05) is 23.3 Å². The third-order valence-corrected chi connectivity index (χ3v) is 6.38. The monoisotopic (exact) mass is 461 g/mol. The van der Waals surface area contributed by atoms with Crippen molar-refractivity contribution < 1.29 is 13.5 Å². The van der Waals surface area contributed by atoms with Crippen LogP contribution in [0.4, 0.5) is 16.4 Å². The minimum absolute atomic E-state index is 0.00202. The molecule has 3 aromatic rings. The molecule has 0 amide bonds. The molecule has 9 nitrogen and oxygen atoms in total. The van der Waals surface area contributed by atoms with Crippen molar-refractivity contribution in [3.8, 4) is 11.8 Å². The highest BCUT2D eigenvalue weighted by Gasteiger charge is 2.43. The number of hydrogen-bond acceptors (Lipinski definition) is 8. The van der Waals surface area contributed by atoms with Crippen molar-refractivity contribution in [2.24, 2.45) is 11.8 Å². The number of aromatic nitrogens is 5. The topological polar surface area (TPSA) is 94.1 Å². The number of anilines is 2. The summed E-state index contributed by atoms with van der Waals surface area (Å²) in [4.78, 5) is 6.75. The molecule has 3 heterocycles. The van der Waals surface area contributed by atoms with E-state index in [0.717, 1.165) is 32.4 Å². The van der Waals surface area contributed by atoms with Gasteiger partial charge >= 0.3 is 12.0 Å². The zero-order chi connectivity index (χ0) is 22.2. The molecule has 1 aromatic carbocycles. The Morgan fingerprint density at radius 2 is 2.03 bits per heavy atom. The Kier molecular flexibility index (Phi) is 5.62. The van der Waals surface area contributed by atoms with Gasteiger partial charge in [-0.2, -0.15) is 4.98 Å². The first-order valence-corrected chi connectivity index (χ1v) is 11.3. The molecule has 2 fully saturated rings. The van der Waals surface area contributed by atoms with Gasteiger partial charge in [0, 0.05) is 38.7 Å². The highest BCUT2D eigenvalue weighted by Crippen LogP contribution is 2.40. The summed E-state index contributed by atoms with van der Waals surface area (Å²) in [5, 5.41) is 16.3. The quantitative estimate of drug-likeness (QED) is 0.556. The van der Waals surface area contributed by atoms with E-state index in [9.17, 15) is 4.39 Å². The van der Waals surface area contributed by atoms with Crippen LogP contribution in [0.15, 0.2) is 22.6 Å². The Morgan fingerprint density at radius 3 is 2.69 bits per heavy atom. The highest BCUT2D eigenvalue weighted by molar-refractivity contribution is 6.30. The molecule has 0 radical (unpaired) electrons. The van der Waals surface area contributed by atoms with Crippen molar-refractivity contribution in [3.05, 3.63) is 34.9 Å². The summed E-state index contributed by atoms with van der Waals surface area (Å²) in [5.74, 6) is 1.89. The second-order valence-electron chi connectivity index (χ2n) is 8.40. The Labute approximate surface area is 189 Å². The molecule has 2 bridgehead atoms. The van der Waals surface area contributed by atoms with E-state index in [1.54, 1.807) is 11.6 Å². The van der Waals surface area contributed by atoms with Gasteiger partial charge in [0.25, 0.3) is 0 Å². The van der Waals surface area contributed by atoms with E-state index in [1.807, 2.05) is 0 Å². The van der Waals surface area contributed by atoms with E-state index in [-0.39, 0.29) is 11.1 Å². The van der Waals surface area contributed by atoms with Gasteiger partial charge in [0.15, 0.2) is 0 Å².